The maximum atomic E-state index is 9.51. The van der Waals surface area contributed by atoms with Gasteiger partial charge in [0, 0.05) is 4.90 Å². The van der Waals surface area contributed by atoms with Crippen molar-refractivity contribution in [3.8, 4) is 0 Å². The van der Waals surface area contributed by atoms with Gasteiger partial charge in [-0.25, -0.2) is 0 Å². The average molecular weight is 299 g/mol. The third-order valence-corrected chi connectivity index (χ3v) is 4.10. The number of hydrogen-bond acceptors (Lipinski definition) is 5. The number of thioether (sulfide) groups is 1. The summed E-state index contributed by atoms with van der Waals surface area (Å²) in [5.74, 6) is 1.68. The molecule has 2 aromatic rings. The normalized spacial score (nSPS) is 12.6. The summed E-state index contributed by atoms with van der Waals surface area (Å²) < 4.78 is 5.09. The van der Waals surface area contributed by atoms with Crippen molar-refractivity contribution < 1.29 is 9.63 Å². The lowest BCUT2D eigenvalue weighted by atomic mass is 10.2. The number of halogens is 1. The monoisotopic (exact) mass is 298 g/mol. The first-order valence-electron chi connectivity index (χ1n) is 6.06. The number of rotatable bonds is 6. The van der Waals surface area contributed by atoms with Crippen molar-refractivity contribution in [2.45, 2.75) is 36.5 Å². The summed E-state index contributed by atoms with van der Waals surface area (Å²) in [5.41, 5.74) is 0. The lowest BCUT2D eigenvalue weighted by Gasteiger charge is -2.01. The van der Waals surface area contributed by atoms with Gasteiger partial charge in [-0.1, -0.05) is 35.8 Å². The Morgan fingerprint density at radius 3 is 2.95 bits per heavy atom. The van der Waals surface area contributed by atoms with Gasteiger partial charge in [0.1, 0.15) is 0 Å². The smallest absolute Gasteiger partial charge is 0.229 e. The van der Waals surface area contributed by atoms with E-state index in [1.807, 2.05) is 31.2 Å². The van der Waals surface area contributed by atoms with Crippen molar-refractivity contribution in [2.24, 2.45) is 0 Å². The fraction of sp³-hybridized carbons (Fsp3) is 0.385. The molecule has 4 nitrogen and oxygen atoms in total. The Morgan fingerprint density at radius 2 is 2.21 bits per heavy atom. The molecule has 1 unspecified atom stereocenters. The van der Waals surface area contributed by atoms with Gasteiger partial charge in [0.05, 0.1) is 23.3 Å². The Hall–Kier alpha value is -1.04. The molecule has 0 aliphatic heterocycles. The van der Waals surface area contributed by atoms with Crippen molar-refractivity contribution in [1.82, 2.24) is 10.1 Å². The summed E-state index contributed by atoms with van der Waals surface area (Å²) >= 11 is 7.62. The first kappa shape index (κ1) is 14.4. The average Bonchev–Trinajstić information content (AvgIpc) is 2.85. The van der Waals surface area contributed by atoms with Gasteiger partial charge in [0.15, 0.2) is 5.82 Å². The van der Waals surface area contributed by atoms with Crippen LogP contribution in [0.3, 0.4) is 0 Å². The van der Waals surface area contributed by atoms with Crippen LogP contribution in [0.15, 0.2) is 33.7 Å². The van der Waals surface area contributed by atoms with Crippen molar-refractivity contribution in [3.63, 3.8) is 0 Å². The fourth-order valence-electron chi connectivity index (χ4n) is 1.48. The molecule has 0 radical (unpaired) electrons. The quantitative estimate of drug-likeness (QED) is 0.829. The van der Waals surface area contributed by atoms with Crippen LogP contribution in [0.1, 0.15) is 25.1 Å². The van der Waals surface area contributed by atoms with Crippen LogP contribution in [0.4, 0.5) is 0 Å². The summed E-state index contributed by atoms with van der Waals surface area (Å²) in [7, 11) is 0. The lowest BCUT2D eigenvalue weighted by molar-refractivity contribution is 0.158. The highest BCUT2D eigenvalue weighted by molar-refractivity contribution is 7.98. The Bertz CT molecular complexity index is 533. The van der Waals surface area contributed by atoms with Crippen molar-refractivity contribution in [1.29, 1.82) is 0 Å². The minimum Gasteiger partial charge on any atom is -0.393 e. The van der Waals surface area contributed by atoms with Gasteiger partial charge in [-0.2, -0.15) is 4.98 Å². The molecule has 1 aromatic carbocycles. The molecule has 19 heavy (non-hydrogen) atoms. The van der Waals surface area contributed by atoms with E-state index in [1.54, 1.807) is 11.8 Å². The van der Waals surface area contributed by atoms with Crippen LogP contribution in [0.25, 0.3) is 0 Å². The minimum absolute atomic E-state index is 0.403. The number of hydrogen-bond donors (Lipinski definition) is 1. The van der Waals surface area contributed by atoms with Crippen molar-refractivity contribution in [3.05, 3.63) is 41.0 Å². The second kappa shape index (κ2) is 6.93. The van der Waals surface area contributed by atoms with Gasteiger partial charge in [0.2, 0.25) is 5.89 Å². The molecule has 0 saturated heterocycles. The van der Waals surface area contributed by atoms with Crippen molar-refractivity contribution >= 4 is 23.4 Å². The van der Waals surface area contributed by atoms with E-state index in [9.17, 15) is 5.11 Å². The number of aliphatic hydroxyl groups excluding tert-OH is 1. The molecule has 1 aromatic heterocycles. The maximum Gasteiger partial charge on any atom is 0.229 e. The maximum absolute atomic E-state index is 9.51. The zero-order valence-corrected chi connectivity index (χ0v) is 12.1. The van der Waals surface area contributed by atoms with E-state index in [-0.39, 0.29) is 0 Å². The third-order valence-electron chi connectivity index (χ3n) is 2.59. The Kier molecular flexibility index (Phi) is 5.24. The summed E-state index contributed by atoms with van der Waals surface area (Å²) in [5, 5.41) is 14.1. The van der Waals surface area contributed by atoms with Gasteiger partial charge in [-0.05, 0) is 18.6 Å². The SMILES string of the molecule is CCC(O)Cc1nc(CSc2ccccc2Cl)no1. The molecule has 0 bridgehead atoms. The largest absolute Gasteiger partial charge is 0.393 e. The van der Waals surface area contributed by atoms with Crippen molar-refractivity contribution in [2.75, 3.05) is 0 Å². The van der Waals surface area contributed by atoms with Crippen LogP contribution in [-0.2, 0) is 12.2 Å². The predicted molar refractivity (Wildman–Crippen MR) is 75.3 cm³/mol. The Balaban J connectivity index is 1.92. The highest BCUT2D eigenvalue weighted by atomic mass is 35.5. The second-order valence-corrected chi connectivity index (χ2v) is 5.51. The molecule has 1 atom stereocenters. The van der Waals surface area contributed by atoms with E-state index in [4.69, 9.17) is 16.1 Å². The molecule has 6 heteroatoms. The molecule has 0 fully saturated rings. The van der Waals surface area contributed by atoms with E-state index in [0.717, 1.165) is 9.92 Å². The summed E-state index contributed by atoms with van der Waals surface area (Å²) in [4.78, 5) is 5.23. The van der Waals surface area contributed by atoms with Crippen LogP contribution in [0.5, 0.6) is 0 Å². The molecule has 1 N–H and O–H groups in total. The molecule has 2 rings (SSSR count). The highest BCUT2D eigenvalue weighted by Gasteiger charge is 2.11. The number of nitrogens with zero attached hydrogens (tertiary/aromatic N) is 2. The van der Waals surface area contributed by atoms with Crippen LogP contribution in [-0.4, -0.2) is 21.4 Å². The van der Waals surface area contributed by atoms with Crippen LogP contribution < -0.4 is 0 Å². The van der Waals surface area contributed by atoms with E-state index in [0.29, 0.717) is 30.3 Å². The zero-order chi connectivity index (χ0) is 13.7. The number of aromatic nitrogens is 2. The molecule has 0 aliphatic carbocycles. The first-order valence-corrected chi connectivity index (χ1v) is 7.42. The highest BCUT2D eigenvalue weighted by Crippen LogP contribution is 2.28. The summed E-state index contributed by atoms with van der Waals surface area (Å²) in [6.45, 7) is 1.91. The molecule has 0 amide bonds. The molecular formula is C13H15ClN2O2S. The molecule has 0 spiro atoms. The van der Waals surface area contributed by atoms with E-state index in [1.165, 1.54) is 0 Å². The predicted octanol–water partition coefficient (Wildman–Crippen LogP) is 3.33. The van der Waals surface area contributed by atoms with Gasteiger partial charge in [0.25, 0.3) is 0 Å². The standard InChI is InChI=1S/C13H15ClN2O2S/c1-2-9(17)7-13-15-12(16-18-13)8-19-11-6-4-3-5-10(11)14/h3-6,9,17H,2,7-8H2,1H3. The Morgan fingerprint density at radius 1 is 1.42 bits per heavy atom. The third kappa shape index (κ3) is 4.23. The molecule has 0 aliphatic rings. The minimum atomic E-state index is -0.426. The fourth-order valence-corrected chi connectivity index (χ4v) is 2.56. The number of aliphatic hydroxyl groups is 1. The first-order chi connectivity index (χ1) is 9.19. The molecular weight excluding hydrogens is 284 g/mol. The Labute approximate surface area is 121 Å². The molecule has 1 heterocycles. The lowest BCUT2D eigenvalue weighted by Crippen LogP contribution is -2.08. The summed E-state index contributed by atoms with van der Waals surface area (Å²) in [6, 6.07) is 7.64. The zero-order valence-electron chi connectivity index (χ0n) is 10.5. The van der Waals surface area contributed by atoms with Crippen LogP contribution in [0.2, 0.25) is 5.02 Å². The van der Waals surface area contributed by atoms with Gasteiger partial charge in [-0.15, -0.1) is 11.8 Å². The summed E-state index contributed by atoms with van der Waals surface area (Å²) in [6.07, 6.45) is 0.649. The second-order valence-electron chi connectivity index (χ2n) is 4.09. The van der Waals surface area contributed by atoms with E-state index >= 15 is 0 Å². The van der Waals surface area contributed by atoms with Gasteiger partial charge >= 0.3 is 0 Å². The van der Waals surface area contributed by atoms with E-state index in [2.05, 4.69) is 10.1 Å². The number of benzene rings is 1. The molecule has 102 valence electrons. The topological polar surface area (TPSA) is 59.2 Å². The van der Waals surface area contributed by atoms with Gasteiger partial charge < -0.3 is 9.63 Å². The van der Waals surface area contributed by atoms with Crippen LogP contribution in [0, 0.1) is 0 Å². The van der Waals surface area contributed by atoms with Crippen LogP contribution >= 0.6 is 23.4 Å². The van der Waals surface area contributed by atoms with E-state index < -0.39 is 6.10 Å². The molecule has 0 saturated carbocycles. The van der Waals surface area contributed by atoms with Gasteiger partial charge in [-0.3, -0.25) is 0 Å².